The topological polar surface area (TPSA) is 55.1 Å². The number of benzene rings is 1. The van der Waals surface area contributed by atoms with Gasteiger partial charge in [0.25, 0.3) is 0 Å². The van der Waals surface area contributed by atoms with Crippen LogP contribution in [0.5, 0.6) is 11.5 Å². The van der Waals surface area contributed by atoms with Crippen LogP contribution in [0.1, 0.15) is 10.6 Å². The van der Waals surface area contributed by atoms with Gasteiger partial charge in [-0.1, -0.05) is 0 Å². The van der Waals surface area contributed by atoms with Crippen LogP contribution in [0.15, 0.2) is 29.8 Å². The van der Waals surface area contributed by atoms with Crippen molar-refractivity contribution in [3.8, 4) is 17.6 Å². The fraction of sp³-hybridized carbons (Fsp3) is 0.167. The predicted octanol–water partition coefficient (Wildman–Crippen LogP) is 2.60. The summed E-state index contributed by atoms with van der Waals surface area (Å²) in [4.78, 5) is 4.11. The van der Waals surface area contributed by atoms with Gasteiger partial charge in [-0.15, -0.1) is 11.3 Å². The standard InChI is InChI=1S/C12H10N2O2S/c1-15-10-4-9(7-13)5-11(6-10)16-8-12-14-2-3-17-12/h2-6H,8H2,1H3. The van der Waals surface area contributed by atoms with E-state index in [0.717, 1.165) is 5.01 Å². The van der Waals surface area contributed by atoms with Gasteiger partial charge in [0.1, 0.15) is 23.1 Å². The minimum atomic E-state index is 0.399. The normalized spacial score (nSPS) is 9.65. The first kappa shape index (κ1) is 11.4. The lowest BCUT2D eigenvalue weighted by atomic mass is 10.2. The number of hydrogen-bond donors (Lipinski definition) is 0. The van der Waals surface area contributed by atoms with E-state index >= 15 is 0 Å². The van der Waals surface area contributed by atoms with Crippen molar-refractivity contribution in [3.05, 3.63) is 40.3 Å². The summed E-state index contributed by atoms with van der Waals surface area (Å²) in [6, 6.07) is 7.15. The molecule has 0 saturated carbocycles. The smallest absolute Gasteiger partial charge is 0.140 e. The lowest BCUT2D eigenvalue weighted by molar-refractivity contribution is 0.303. The third kappa shape index (κ3) is 2.95. The average molecular weight is 246 g/mol. The minimum absolute atomic E-state index is 0.399. The SMILES string of the molecule is COc1cc(C#N)cc(OCc2nccs2)c1. The first-order valence-corrected chi connectivity index (χ1v) is 5.80. The molecule has 0 bridgehead atoms. The van der Waals surface area contributed by atoms with Crippen LogP contribution in [0.4, 0.5) is 0 Å². The number of thiazole rings is 1. The lowest BCUT2D eigenvalue weighted by Crippen LogP contribution is -1.95. The van der Waals surface area contributed by atoms with Crippen molar-refractivity contribution >= 4 is 11.3 Å². The second kappa shape index (κ2) is 5.32. The van der Waals surface area contributed by atoms with E-state index in [2.05, 4.69) is 11.1 Å². The van der Waals surface area contributed by atoms with Crippen molar-refractivity contribution in [1.82, 2.24) is 4.98 Å². The molecule has 0 radical (unpaired) electrons. The van der Waals surface area contributed by atoms with E-state index in [1.165, 1.54) is 11.3 Å². The molecule has 0 amide bonds. The van der Waals surface area contributed by atoms with Gasteiger partial charge in [-0.05, 0) is 12.1 Å². The van der Waals surface area contributed by atoms with Gasteiger partial charge in [0.15, 0.2) is 0 Å². The molecular weight excluding hydrogens is 236 g/mol. The van der Waals surface area contributed by atoms with Gasteiger partial charge in [-0.2, -0.15) is 5.26 Å². The van der Waals surface area contributed by atoms with Crippen molar-refractivity contribution < 1.29 is 9.47 Å². The Morgan fingerprint density at radius 2 is 2.18 bits per heavy atom. The van der Waals surface area contributed by atoms with Crippen molar-refractivity contribution in [2.45, 2.75) is 6.61 Å². The largest absolute Gasteiger partial charge is 0.497 e. The van der Waals surface area contributed by atoms with Crippen molar-refractivity contribution in [1.29, 1.82) is 5.26 Å². The summed E-state index contributed by atoms with van der Waals surface area (Å²) in [5.74, 6) is 1.22. The molecule has 17 heavy (non-hydrogen) atoms. The Balaban J connectivity index is 2.12. The highest BCUT2D eigenvalue weighted by atomic mass is 32.1. The van der Waals surface area contributed by atoms with E-state index in [4.69, 9.17) is 14.7 Å². The number of methoxy groups -OCH3 is 1. The zero-order valence-electron chi connectivity index (χ0n) is 9.21. The molecule has 5 heteroatoms. The molecule has 4 nitrogen and oxygen atoms in total. The average Bonchev–Trinajstić information content (AvgIpc) is 2.89. The number of ether oxygens (including phenoxy) is 2. The molecular formula is C12H10N2O2S. The number of nitriles is 1. The fourth-order valence-electron chi connectivity index (χ4n) is 1.31. The Morgan fingerprint density at radius 3 is 2.82 bits per heavy atom. The number of hydrogen-bond acceptors (Lipinski definition) is 5. The Bertz CT molecular complexity index is 532. The van der Waals surface area contributed by atoms with Gasteiger partial charge >= 0.3 is 0 Å². The Morgan fingerprint density at radius 1 is 1.35 bits per heavy atom. The highest BCUT2D eigenvalue weighted by molar-refractivity contribution is 7.09. The summed E-state index contributed by atoms with van der Waals surface area (Å²) in [7, 11) is 1.56. The summed E-state index contributed by atoms with van der Waals surface area (Å²) < 4.78 is 10.6. The summed E-state index contributed by atoms with van der Waals surface area (Å²) >= 11 is 1.53. The molecule has 0 aliphatic heterocycles. The van der Waals surface area contributed by atoms with E-state index < -0.39 is 0 Å². The van der Waals surface area contributed by atoms with E-state index in [1.54, 1.807) is 31.5 Å². The van der Waals surface area contributed by atoms with Crippen LogP contribution in [0.25, 0.3) is 0 Å². The van der Waals surface area contributed by atoms with Crippen LogP contribution in [0.3, 0.4) is 0 Å². The Hall–Kier alpha value is -2.06. The minimum Gasteiger partial charge on any atom is -0.497 e. The van der Waals surface area contributed by atoms with Crippen molar-refractivity contribution in [3.63, 3.8) is 0 Å². The molecule has 1 aromatic heterocycles. The summed E-state index contributed by atoms with van der Waals surface area (Å²) in [5.41, 5.74) is 0.512. The van der Waals surface area contributed by atoms with Gasteiger partial charge < -0.3 is 9.47 Å². The van der Waals surface area contributed by atoms with Crippen LogP contribution in [0.2, 0.25) is 0 Å². The van der Waals surface area contributed by atoms with Crippen molar-refractivity contribution in [2.24, 2.45) is 0 Å². The number of aromatic nitrogens is 1. The van der Waals surface area contributed by atoms with Gasteiger partial charge in [0.05, 0.1) is 18.7 Å². The van der Waals surface area contributed by atoms with Gasteiger partial charge in [-0.25, -0.2) is 4.98 Å². The zero-order valence-corrected chi connectivity index (χ0v) is 10.0. The van der Waals surface area contributed by atoms with Crippen LogP contribution in [-0.4, -0.2) is 12.1 Å². The molecule has 0 fully saturated rings. The Kier molecular flexibility index (Phi) is 3.58. The zero-order chi connectivity index (χ0) is 12.1. The lowest BCUT2D eigenvalue weighted by Gasteiger charge is -2.07. The maximum absolute atomic E-state index is 8.86. The molecule has 0 N–H and O–H groups in total. The van der Waals surface area contributed by atoms with E-state index in [1.807, 2.05) is 5.38 Å². The molecule has 0 atom stereocenters. The van der Waals surface area contributed by atoms with Crippen LogP contribution >= 0.6 is 11.3 Å². The highest BCUT2D eigenvalue weighted by Crippen LogP contribution is 2.23. The molecule has 0 saturated heterocycles. The molecule has 0 aliphatic carbocycles. The first-order chi connectivity index (χ1) is 8.31. The maximum Gasteiger partial charge on any atom is 0.140 e. The highest BCUT2D eigenvalue weighted by Gasteiger charge is 2.03. The maximum atomic E-state index is 8.86. The fourth-order valence-corrected chi connectivity index (χ4v) is 1.83. The molecule has 0 aliphatic rings. The number of rotatable bonds is 4. The summed E-state index contributed by atoms with van der Waals surface area (Å²) in [5, 5.41) is 11.7. The van der Waals surface area contributed by atoms with Crippen LogP contribution < -0.4 is 9.47 Å². The molecule has 0 spiro atoms. The third-order valence-electron chi connectivity index (χ3n) is 2.09. The monoisotopic (exact) mass is 246 g/mol. The van der Waals surface area contributed by atoms with Crippen LogP contribution in [0, 0.1) is 11.3 Å². The van der Waals surface area contributed by atoms with Gasteiger partial charge in [-0.3, -0.25) is 0 Å². The second-order valence-electron chi connectivity index (χ2n) is 3.22. The summed E-state index contributed by atoms with van der Waals surface area (Å²) in [6.07, 6.45) is 1.73. The molecule has 1 aromatic carbocycles. The molecule has 2 aromatic rings. The Labute approximate surface area is 103 Å². The third-order valence-corrected chi connectivity index (χ3v) is 2.84. The molecule has 1 heterocycles. The molecule has 86 valence electrons. The number of nitrogens with zero attached hydrogens (tertiary/aromatic N) is 2. The van der Waals surface area contributed by atoms with Gasteiger partial charge in [0, 0.05) is 17.6 Å². The second-order valence-corrected chi connectivity index (χ2v) is 4.20. The van der Waals surface area contributed by atoms with Gasteiger partial charge in [0.2, 0.25) is 0 Å². The van der Waals surface area contributed by atoms with E-state index in [9.17, 15) is 0 Å². The first-order valence-electron chi connectivity index (χ1n) is 4.92. The molecule has 2 rings (SSSR count). The quantitative estimate of drug-likeness (QED) is 0.832. The summed E-state index contributed by atoms with van der Waals surface area (Å²) in [6.45, 7) is 0.399. The molecule has 0 unspecified atom stereocenters. The van der Waals surface area contributed by atoms with Crippen LogP contribution in [-0.2, 0) is 6.61 Å². The predicted molar refractivity (Wildman–Crippen MR) is 64.2 cm³/mol. The van der Waals surface area contributed by atoms with E-state index in [0.29, 0.717) is 23.7 Å². The van der Waals surface area contributed by atoms with Crippen molar-refractivity contribution in [2.75, 3.05) is 7.11 Å². The van der Waals surface area contributed by atoms with E-state index in [-0.39, 0.29) is 0 Å².